The molecule has 1 atom stereocenters. The van der Waals surface area contributed by atoms with Crippen LogP contribution in [0.3, 0.4) is 0 Å². The molecular weight excluding hydrogens is 295 g/mol. The highest BCUT2D eigenvalue weighted by Crippen LogP contribution is 2.39. The zero-order chi connectivity index (χ0) is 15.8. The number of nitro benzene ring substituents is 1. The fourth-order valence-electron chi connectivity index (χ4n) is 1.82. The molecule has 0 unspecified atom stereocenters. The van der Waals surface area contributed by atoms with Crippen molar-refractivity contribution in [2.75, 3.05) is 0 Å². The summed E-state index contributed by atoms with van der Waals surface area (Å²) < 4.78 is 38.6. The molecule has 0 spiro atoms. The van der Waals surface area contributed by atoms with Crippen molar-refractivity contribution in [2.24, 2.45) is 5.10 Å². The Labute approximate surface area is 115 Å². The van der Waals surface area contributed by atoms with E-state index in [9.17, 15) is 33.2 Å². The molecule has 1 aromatic rings. The lowest BCUT2D eigenvalue weighted by Gasteiger charge is -2.32. The molecule has 1 aliphatic rings. The minimum atomic E-state index is -5.15. The van der Waals surface area contributed by atoms with Crippen LogP contribution in [0.5, 0.6) is 0 Å². The molecule has 112 valence electrons. The highest BCUT2D eigenvalue weighted by Gasteiger charge is 2.61. The van der Waals surface area contributed by atoms with E-state index >= 15 is 0 Å². The maximum absolute atomic E-state index is 12.9. The van der Waals surface area contributed by atoms with Crippen molar-refractivity contribution < 1.29 is 28.0 Å². The second kappa shape index (κ2) is 4.81. The second-order valence-corrected chi connectivity index (χ2v) is 4.21. The van der Waals surface area contributed by atoms with Gasteiger partial charge in [0.15, 0.2) is 0 Å². The van der Waals surface area contributed by atoms with E-state index in [0.29, 0.717) is 0 Å². The third kappa shape index (κ3) is 2.33. The van der Waals surface area contributed by atoms with Crippen LogP contribution in [-0.4, -0.2) is 39.1 Å². The number of amides is 1. The molecule has 21 heavy (non-hydrogen) atoms. The first-order valence-corrected chi connectivity index (χ1v) is 5.58. The lowest BCUT2D eigenvalue weighted by Crippen LogP contribution is -2.56. The molecule has 1 heterocycles. The first kappa shape index (κ1) is 14.9. The third-order valence-corrected chi connectivity index (χ3v) is 2.90. The Morgan fingerprint density at radius 1 is 1.43 bits per heavy atom. The van der Waals surface area contributed by atoms with E-state index in [2.05, 4.69) is 5.10 Å². The van der Waals surface area contributed by atoms with Gasteiger partial charge in [0.05, 0.1) is 4.92 Å². The number of rotatable bonds is 2. The molecule has 0 radical (unpaired) electrons. The fourth-order valence-corrected chi connectivity index (χ4v) is 1.82. The second-order valence-electron chi connectivity index (χ2n) is 4.21. The third-order valence-electron chi connectivity index (χ3n) is 2.90. The number of para-hydroxylation sites is 1. The van der Waals surface area contributed by atoms with Gasteiger partial charge in [0.2, 0.25) is 0 Å². The van der Waals surface area contributed by atoms with Crippen LogP contribution in [0.1, 0.15) is 16.8 Å². The van der Waals surface area contributed by atoms with Crippen LogP contribution in [0.15, 0.2) is 29.4 Å². The highest BCUT2D eigenvalue weighted by atomic mass is 19.4. The Balaban J connectivity index is 2.46. The summed E-state index contributed by atoms with van der Waals surface area (Å²) >= 11 is 0. The van der Waals surface area contributed by atoms with Gasteiger partial charge in [-0.05, 0) is 6.07 Å². The Kier molecular flexibility index (Phi) is 3.41. The predicted molar refractivity (Wildman–Crippen MR) is 63.4 cm³/mol. The summed E-state index contributed by atoms with van der Waals surface area (Å²) in [5.74, 6) is -1.41. The number of hydrogen-bond acceptors (Lipinski definition) is 5. The van der Waals surface area contributed by atoms with Crippen LogP contribution in [0.2, 0.25) is 0 Å². The number of carbonyl (C=O) groups is 1. The smallest absolute Gasteiger partial charge is 0.362 e. The molecular formula is C11H8F3N3O4. The number of hydrogen-bond donors (Lipinski definition) is 1. The van der Waals surface area contributed by atoms with E-state index < -0.39 is 40.4 Å². The molecule has 7 nitrogen and oxygen atoms in total. The number of nitrogens with zero attached hydrogens (tertiary/aromatic N) is 3. The van der Waals surface area contributed by atoms with E-state index in [1.54, 1.807) is 0 Å². The SMILES string of the molecule is O=C(c1ccccc1[N+](=O)[O-])N1N=CC[C@@]1(O)C(F)(F)F. The van der Waals surface area contributed by atoms with E-state index in [0.717, 1.165) is 18.3 Å². The van der Waals surface area contributed by atoms with Gasteiger partial charge in [-0.3, -0.25) is 14.9 Å². The number of carbonyl (C=O) groups excluding carboxylic acids is 1. The van der Waals surface area contributed by atoms with Gasteiger partial charge in [-0.25, -0.2) is 0 Å². The average Bonchev–Trinajstić information content (AvgIpc) is 2.81. The zero-order valence-electron chi connectivity index (χ0n) is 10.2. The molecule has 2 rings (SSSR count). The molecule has 10 heteroatoms. The maximum atomic E-state index is 12.9. The number of halogens is 3. The highest BCUT2D eigenvalue weighted by molar-refractivity contribution is 5.99. The first-order valence-electron chi connectivity index (χ1n) is 5.58. The fraction of sp³-hybridized carbons (Fsp3) is 0.273. The zero-order valence-corrected chi connectivity index (χ0v) is 10.2. The molecule has 0 saturated heterocycles. The summed E-state index contributed by atoms with van der Waals surface area (Å²) in [5, 5.41) is 23.5. The molecule has 1 aliphatic heterocycles. The van der Waals surface area contributed by atoms with Crippen molar-refractivity contribution in [1.29, 1.82) is 0 Å². The number of benzene rings is 1. The van der Waals surface area contributed by atoms with Crippen molar-refractivity contribution in [3.63, 3.8) is 0 Å². The quantitative estimate of drug-likeness (QED) is 0.664. The van der Waals surface area contributed by atoms with Gasteiger partial charge in [-0.15, -0.1) is 0 Å². The summed E-state index contributed by atoms with van der Waals surface area (Å²) in [5.41, 5.74) is -4.77. The number of hydrazone groups is 1. The van der Waals surface area contributed by atoms with Crippen molar-refractivity contribution >= 4 is 17.8 Å². The lowest BCUT2D eigenvalue weighted by atomic mass is 10.1. The van der Waals surface area contributed by atoms with Crippen LogP contribution in [0.25, 0.3) is 0 Å². The molecule has 0 saturated carbocycles. The van der Waals surface area contributed by atoms with Crippen LogP contribution < -0.4 is 0 Å². The number of alkyl halides is 3. The van der Waals surface area contributed by atoms with E-state index in [4.69, 9.17) is 0 Å². The van der Waals surface area contributed by atoms with Gasteiger partial charge in [-0.1, -0.05) is 12.1 Å². The van der Waals surface area contributed by atoms with E-state index in [1.807, 2.05) is 0 Å². The Morgan fingerprint density at radius 3 is 2.62 bits per heavy atom. The Bertz CT molecular complexity index is 631. The first-order chi connectivity index (χ1) is 9.68. The minimum Gasteiger partial charge on any atom is -0.362 e. The molecule has 1 aromatic carbocycles. The summed E-state index contributed by atoms with van der Waals surface area (Å²) in [7, 11) is 0. The monoisotopic (exact) mass is 303 g/mol. The van der Waals surface area contributed by atoms with Crippen molar-refractivity contribution in [3.8, 4) is 0 Å². The summed E-state index contributed by atoms with van der Waals surface area (Å²) in [6.07, 6.45) is -5.37. The van der Waals surface area contributed by atoms with E-state index in [-0.39, 0.29) is 5.01 Å². The molecule has 0 bridgehead atoms. The van der Waals surface area contributed by atoms with Crippen LogP contribution in [0.4, 0.5) is 18.9 Å². The van der Waals surface area contributed by atoms with Crippen LogP contribution >= 0.6 is 0 Å². The van der Waals surface area contributed by atoms with Gasteiger partial charge in [0, 0.05) is 18.7 Å². The average molecular weight is 303 g/mol. The van der Waals surface area contributed by atoms with Crippen LogP contribution in [-0.2, 0) is 0 Å². The topological polar surface area (TPSA) is 96.0 Å². The van der Waals surface area contributed by atoms with Crippen molar-refractivity contribution in [2.45, 2.75) is 18.3 Å². The largest absolute Gasteiger partial charge is 0.438 e. The summed E-state index contributed by atoms with van der Waals surface area (Å²) in [6.45, 7) is 0. The Morgan fingerprint density at radius 2 is 2.05 bits per heavy atom. The minimum absolute atomic E-state index is 0.185. The van der Waals surface area contributed by atoms with E-state index in [1.165, 1.54) is 12.1 Å². The molecule has 0 aromatic heterocycles. The predicted octanol–water partition coefficient (Wildman–Crippen LogP) is 1.68. The van der Waals surface area contributed by atoms with Gasteiger partial charge in [0.25, 0.3) is 17.3 Å². The van der Waals surface area contributed by atoms with Crippen LogP contribution in [0, 0.1) is 10.1 Å². The number of nitro groups is 1. The molecule has 0 aliphatic carbocycles. The molecule has 0 fully saturated rings. The van der Waals surface area contributed by atoms with Gasteiger partial charge in [-0.2, -0.15) is 23.3 Å². The molecule has 1 N–H and O–H groups in total. The normalized spacial score (nSPS) is 21.6. The summed E-state index contributed by atoms with van der Waals surface area (Å²) in [6, 6.07) is 4.48. The van der Waals surface area contributed by atoms with Crippen molar-refractivity contribution in [3.05, 3.63) is 39.9 Å². The number of aliphatic hydroxyl groups is 1. The summed E-state index contributed by atoms with van der Waals surface area (Å²) in [4.78, 5) is 22.0. The Hall–Kier alpha value is -2.49. The molecule has 1 amide bonds. The van der Waals surface area contributed by atoms with Gasteiger partial charge >= 0.3 is 6.18 Å². The van der Waals surface area contributed by atoms with Crippen molar-refractivity contribution in [1.82, 2.24) is 5.01 Å². The lowest BCUT2D eigenvalue weighted by molar-refractivity contribution is -0.385. The maximum Gasteiger partial charge on any atom is 0.438 e. The van der Waals surface area contributed by atoms with Gasteiger partial charge < -0.3 is 5.11 Å². The van der Waals surface area contributed by atoms with Gasteiger partial charge in [0.1, 0.15) is 5.56 Å². The standard InChI is InChI=1S/C11H8F3N3O4/c12-11(13,14)10(19)5-6-15-16(10)9(18)7-3-1-2-4-8(7)17(20)21/h1-4,6,19H,5H2/t10-/m1/s1.